The van der Waals surface area contributed by atoms with E-state index in [-0.39, 0.29) is 0 Å². The van der Waals surface area contributed by atoms with Crippen LogP contribution in [0.5, 0.6) is 5.75 Å². The van der Waals surface area contributed by atoms with Gasteiger partial charge in [0.15, 0.2) is 0 Å². The van der Waals surface area contributed by atoms with Crippen LogP contribution in [0.1, 0.15) is 12.6 Å². The average molecular weight is 260 g/mol. The number of rotatable bonds is 6. The number of nitrogen functional groups attached to an aromatic ring is 1. The van der Waals surface area contributed by atoms with Gasteiger partial charge in [0, 0.05) is 6.54 Å². The Morgan fingerprint density at radius 2 is 2.05 bits per heavy atom. The zero-order chi connectivity index (χ0) is 13.7. The summed E-state index contributed by atoms with van der Waals surface area (Å²) in [5.41, 5.74) is 7.55. The van der Waals surface area contributed by atoms with Gasteiger partial charge in [0.2, 0.25) is 0 Å². The lowest BCUT2D eigenvalue weighted by atomic mass is 10.3. The zero-order valence-corrected chi connectivity index (χ0v) is 11.4. The maximum Gasteiger partial charge on any atom is 0.148 e. The molecule has 0 bridgehead atoms. The van der Waals surface area contributed by atoms with Crippen LogP contribution in [0, 0.1) is 6.92 Å². The molecule has 0 saturated heterocycles. The lowest BCUT2D eigenvalue weighted by Crippen LogP contribution is -2.15. The number of nitrogens with zero attached hydrogens (tertiary/aromatic N) is 2. The van der Waals surface area contributed by atoms with E-state index in [1.54, 1.807) is 0 Å². The Balaban J connectivity index is 1.86. The average Bonchev–Trinajstić information content (AvgIpc) is 2.72. The van der Waals surface area contributed by atoms with E-state index >= 15 is 0 Å². The van der Waals surface area contributed by atoms with Crippen molar-refractivity contribution in [3.05, 3.63) is 36.0 Å². The monoisotopic (exact) mass is 260 g/mol. The van der Waals surface area contributed by atoms with E-state index in [1.807, 2.05) is 48.9 Å². The fourth-order valence-corrected chi connectivity index (χ4v) is 1.87. The van der Waals surface area contributed by atoms with Crippen LogP contribution in [-0.4, -0.2) is 22.9 Å². The van der Waals surface area contributed by atoms with Crippen molar-refractivity contribution in [1.29, 1.82) is 0 Å². The molecule has 0 unspecified atom stereocenters. The van der Waals surface area contributed by atoms with Gasteiger partial charge in [-0.3, -0.25) is 0 Å². The molecule has 0 aliphatic carbocycles. The van der Waals surface area contributed by atoms with E-state index in [2.05, 4.69) is 10.4 Å². The summed E-state index contributed by atoms with van der Waals surface area (Å²) in [5, 5.41) is 7.63. The number of benzene rings is 1. The zero-order valence-electron chi connectivity index (χ0n) is 11.4. The molecule has 102 valence electrons. The highest BCUT2D eigenvalue weighted by Gasteiger charge is 2.10. The van der Waals surface area contributed by atoms with Crippen molar-refractivity contribution in [2.45, 2.75) is 20.4 Å². The van der Waals surface area contributed by atoms with E-state index in [0.29, 0.717) is 18.8 Å². The fourth-order valence-electron chi connectivity index (χ4n) is 1.87. The molecule has 0 spiro atoms. The molecule has 0 fully saturated rings. The fraction of sp³-hybridized carbons (Fsp3) is 0.357. The molecular formula is C14H20N4O. The van der Waals surface area contributed by atoms with E-state index in [9.17, 15) is 0 Å². The Bertz CT molecular complexity index is 522. The summed E-state index contributed by atoms with van der Waals surface area (Å²) in [5.74, 6) is 1.74. The molecule has 0 amide bonds. The summed E-state index contributed by atoms with van der Waals surface area (Å²) in [6.45, 7) is 6.01. The second kappa shape index (κ2) is 6.13. The summed E-state index contributed by atoms with van der Waals surface area (Å²) in [6, 6.07) is 9.75. The van der Waals surface area contributed by atoms with Gasteiger partial charge in [-0.25, -0.2) is 4.68 Å². The second-order valence-corrected chi connectivity index (χ2v) is 4.25. The first-order valence-corrected chi connectivity index (χ1v) is 6.47. The minimum absolute atomic E-state index is 0.581. The summed E-state index contributed by atoms with van der Waals surface area (Å²) >= 11 is 0. The summed E-state index contributed by atoms with van der Waals surface area (Å²) in [6.07, 6.45) is 0. The van der Waals surface area contributed by atoms with E-state index in [1.165, 1.54) is 0 Å². The van der Waals surface area contributed by atoms with Gasteiger partial charge in [0.25, 0.3) is 0 Å². The number of para-hydroxylation sites is 1. The van der Waals surface area contributed by atoms with Crippen molar-refractivity contribution in [2.24, 2.45) is 0 Å². The van der Waals surface area contributed by atoms with Crippen LogP contribution in [0.25, 0.3) is 0 Å². The molecule has 19 heavy (non-hydrogen) atoms. The molecule has 5 heteroatoms. The number of nitrogens with one attached hydrogen (secondary N) is 1. The molecule has 1 aromatic carbocycles. The summed E-state index contributed by atoms with van der Waals surface area (Å²) < 4.78 is 7.48. The van der Waals surface area contributed by atoms with Gasteiger partial charge in [-0.05, 0) is 26.0 Å². The Morgan fingerprint density at radius 3 is 2.74 bits per heavy atom. The first kappa shape index (κ1) is 13.3. The predicted octanol–water partition coefficient (Wildman–Crippen LogP) is 2.28. The van der Waals surface area contributed by atoms with Crippen molar-refractivity contribution in [2.75, 3.05) is 24.2 Å². The maximum atomic E-state index is 5.99. The number of anilines is 2. The van der Waals surface area contributed by atoms with Crippen LogP contribution in [-0.2, 0) is 6.54 Å². The first-order valence-electron chi connectivity index (χ1n) is 6.47. The molecule has 0 radical (unpaired) electrons. The third kappa shape index (κ3) is 3.19. The van der Waals surface area contributed by atoms with E-state index < -0.39 is 0 Å². The molecule has 2 rings (SSSR count). The lowest BCUT2D eigenvalue weighted by Gasteiger charge is -2.10. The largest absolute Gasteiger partial charge is 0.492 e. The van der Waals surface area contributed by atoms with Crippen LogP contribution in [0.2, 0.25) is 0 Å². The van der Waals surface area contributed by atoms with Crippen molar-refractivity contribution in [3.63, 3.8) is 0 Å². The van der Waals surface area contributed by atoms with E-state index in [0.717, 1.165) is 23.8 Å². The highest BCUT2D eigenvalue weighted by atomic mass is 16.5. The number of aromatic nitrogens is 2. The van der Waals surface area contributed by atoms with Gasteiger partial charge in [-0.2, -0.15) is 5.10 Å². The smallest absolute Gasteiger partial charge is 0.148 e. The molecule has 1 aromatic heterocycles. The Hall–Kier alpha value is -2.17. The lowest BCUT2D eigenvalue weighted by molar-refractivity contribution is 0.332. The van der Waals surface area contributed by atoms with Gasteiger partial charge in [0.05, 0.1) is 17.9 Å². The summed E-state index contributed by atoms with van der Waals surface area (Å²) in [7, 11) is 0. The number of hydrogen-bond acceptors (Lipinski definition) is 4. The molecular weight excluding hydrogens is 240 g/mol. The molecule has 0 aliphatic heterocycles. The molecule has 1 heterocycles. The SMILES string of the molecule is CCn1nc(C)c(N)c1NCCOc1ccccc1. The van der Waals surface area contributed by atoms with Crippen LogP contribution in [0.15, 0.2) is 30.3 Å². The highest BCUT2D eigenvalue weighted by molar-refractivity contribution is 5.64. The molecule has 3 N–H and O–H groups in total. The standard InChI is InChI=1S/C14H20N4O/c1-3-18-14(13(15)11(2)17-18)16-9-10-19-12-7-5-4-6-8-12/h4-8,16H,3,9-10,15H2,1-2H3. The molecule has 0 atom stereocenters. The Labute approximate surface area is 113 Å². The minimum Gasteiger partial charge on any atom is -0.492 e. The predicted molar refractivity (Wildman–Crippen MR) is 77.5 cm³/mol. The molecule has 2 aromatic rings. The van der Waals surface area contributed by atoms with Crippen molar-refractivity contribution in [3.8, 4) is 5.75 Å². The maximum absolute atomic E-state index is 5.99. The molecule has 0 saturated carbocycles. The Morgan fingerprint density at radius 1 is 1.32 bits per heavy atom. The second-order valence-electron chi connectivity index (χ2n) is 4.25. The normalized spacial score (nSPS) is 10.4. The number of hydrogen-bond donors (Lipinski definition) is 2. The van der Waals surface area contributed by atoms with Crippen molar-refractivity contribution < 1.29 is 4.74 Å². The minimum atomic E-state index is 0.581. The van der Waals surface area contributed by atoms with E-state index in [4.69, 9.17) is 10.5 Å². The van der Waals surface area contributed by atoms with Crippen LogP contribution < -0.4 is 15.8 Å². The van der Waals surface area contributed by atoms with Gasteiger partial charge >= 0.3 is 0 Å². The van der Waals surface area contributed by atoms with Gasteiger partial charge in [0.1, 0.15) is 18.2 Å². The first-order chi connectivity index (χ1) is 9.22. The van der Waals surface area contributed by atoms with Crippen molar-refractivity contribution in [1.82, 2.24) is 9.78 Å². The summed E-state index contributed by atoms with van der Waals surface area (Å²) in [4.78, 5) is 0. The number of ether oxygens (including phenoxy) is 1. The third-order valence-electron chi connectivity index (χ3n) is 2.88. The molecule has 5 nitrogen and oxygen atoms in total. The van der Waals surface area contributed by atoms with Gasteiger partial charge < -0.3 is 15.8 Å². The van der Waals surface area contributed by atoms with Gasteiger partial charge in [-0.1, -0.05) is 18.2 Å². The molecule has 0 aliphatic rings. The quantitative estimate of drug-likeness (QED) is 0.782. The number of aryl methyl sites for hydroxylation is 2. The topological polar surface area (TPSA) is 65.1 Å². The third-order valence-corrected chi connectivity index (χ3v) is 2.88. The van der Waals surface area contributed by atoms with Crippen LogP contribution in [0.4, 0.5) is 11.5 Å². The number of nitrogens with two attached hydrogens (primary N) is 1. The van der Waals surface area contributed by atoms with Crippen LogP contribution in [0.3, 0.4) is 0 Å². The van der Waals surface area contributed by atoms with Crippen molar-refractivity contribution >= 4 is 11.5 Å². The Kier molecular flexibility index (Phi) is 4.28. The van der Waals surface area contributed by atoms with Gasteiger partial charge in [-0.15, -0.1) is 0 Å². The highest BCUT2D eigenvalue weighted by Crippen LogP contribution is 2.21. The van der Waals surface area contributed by atoms with Crippen LogP contribution >= 0.6 is 0 Å².